The van der Waals surface area contributed by atoms with Gasteiger partial charge in [-0.3, -0.25) is 9.59 Å². The van der Waals surface area contributed by atoms with Crippen molar-refractivity contribution in [1.82, 2.24) is 0 Å². The summed E-state index contributed by atoms with van der Waals surface area (Å²) in [5.74, 6) is -0.467. The van der Waals surface area contributed by atoms with Gasteiger partial charge in [0.25, 0.3) is 0 Å². The summed E-state index contributed by atoms with van der Waals surface area (Å²) < 4.78 is 10.4. The summed E-state index contributed by atoms with van der Waals surface area (Å²) in [7, 11) is 1.55. The van der Waals surface area contributed by atoms with Gasteiger partial charge in [0.05, 0.1) is 36.4 Å². The van der Waals surface area contributed by atoms with E-state index in [1.165, 1.54) is 6.92 Å². The number of hydrogen-bond acceptors (Lipinski definition) is 7. The van der Waals surface area contributed by atoms with Crippen LogP contribution in [0.4, 0.5) is 10.7 Å². The average Bonchev–Trinajstić information content (AvgIpc) is 2.96. The Bertz CT molecular complexity index is 904. The number of nitrogens with one attached hydrogen (secondary N) is 2. The molecule has 0 aliphatic carbocycles. The molecule has 0 atom stereocenters. The molecule has 0 aliphatic heterocycles. The predicted molar refractivity (Wildman–Crippen MR) is 110 cm³/mol. The van der Waals surface area contributed by atoms with Crippen LogP contribution in [0, 0.1) is 13.8 Å². The highest BCUT2D eigenvalue weighted by molar-refractivity contribution is 7.18. The Balaban J connectivity index is 2.19. The lowest BCUT2D eigenvalue weighted by atomic mass is 10.1. The van der Waals surface area contributed by atoms with E-state index in [2.05, 4.69) is 10.6 Å². The monoisotopic (exact) mass is 404 g/mol. The van der Waals surface area contributed by atoms with Gasteiger partial charge in [-0.15, -0.1) is 11.3 Å². The molecule has 0 saturated carbocycles. The van der Waals surface area contributed by atoms with Crippen LogP contribution < -0.4 is 15.4 Å². The van der Waals surface area contributed by atoms with Crippen LogP contribution >= 0.6 is 11.3 Å². The molecule has 7 nitrogen and oxygen atoms in total. The van der Waals surface area contributed by atoms with Gasteiger partial charge in [0.1, 0.15) is 10.8 Å². The number of carbonyl (C=O) groups excluding carboxylic acids is 3. The fourth-order valence-corrected chi connectivity index (χ4v) is 3.80. The first-order valence-corrected chi connectivity index (χ1v) is 9.59. The summed E-state index contributed by atoms with van der Waals surface area (Å²) in [6.07, 6.45) is 0. The lowest BCUT2D eigenvalue weighted by Crippen LogP contribution is -2.22. The zero-order chi connectivity index (χ0) is 20.8. The molecule has 28 heavy (non-hydrogen) atoms. The third-order valence-corrected chi connectivity index (χ3v) is 5.30. The van der Waals surface area contributed by atoms with Gasteiger partial charge >= 0.3 is 5.97 Å². The van der Waals surface area contributed by atoms with Crippen molar-refractivity contribution in [3.8, 4) is 5.75 Å². The van der Waals surface area contributed by atoms with E-state index in [1.54, 1.807) is 21.0 Å². The molecule has 2 aromatic rings. The molecule has 0 bridgehead atoms. The zero-order valence-electron chi connectivity index (χ0n) is 16.6. The minimum atomic E-state index is -0.563. The van der Waals surface area contributed by atoms with Crippen molar-refractivity contribution in [3.63, 3.8) is 0 Å². The second-order valence-electron chi connectivity index (χ2n) is 6.14. The Morgan fingerprint density at radius 1 is 1.18 bits per heavy atom. The number of ether oxygens (including phenoxy) is 2. The van der Waals surface area contributed by atoms with Crippen LogP contribution in [-0.2, 0) is 9.53 Å². The minimum absolute atomic E-state index is 0.0333. The molecule has 0 spiro atoms. The molecule has 0 radical (unpaired) electrons. The summed E-state index contributed by atoms with van der Waals surface area (Å²) in [6, 6.07) is 5.60. The van der Waals surface area contributed by atoms with Crippen molar-refractivity contribution < 1.29 is 23.9 Å². The number of rotatable bonds is 8. The molecule has 0 fully saturated rings. The molecule has 8 heteroatoms. The maximum Gasteiger partial charge on any atom is 0.341 e. The molecule has 0 aliphatic rings. The van der Waals surface area contributed by atoms with Crippen molar-refractivity contribution >= 4 is 39.7 Å². The van der Waals surface area contributed by atoms with E-state index in [1.807, 2.05) is 25.1 Å². The maximum absolute atomic E-state index is 12.4. The number of amides is 1. The molecule has 0 unspecified atom stereocenters. The second kappa shape index (κ2) is 9.36. The molecular weight excluding hydrogens is 380 g/mol. The molecule has 0 saturated heterocycles. The van der Waals surface area contributed by atoms with Crippen molar-refractivity contribution in [2.75, 3.05) is 30.9 Å². The van der Waals surface area contributed by atoms with Crippen LogP contribution in [0.3, 0.4) is 0 Å². The quantitative estimate of drug-likeness (QED) is 0.513. The Morgan fingerprint density at radius 3 is 2.50 bits per heavy atom. The third kappa shape index (κ3) is 4.89. The molecular formula is C20H24N2O5S. The van der Waals surface area contributed by atoms with Crippen LogP contribution in [0.25, 0.3) is 0 Å². The highest BCUT2D eigenvalue weighted by atomic mass is 32.1. The van der Waals surface area contributed by atoms with Crippen LogP contribution in [0.15, 0.2) is 18.2 Å². The van der Waals surface area contributed by atoms with E-state index >= 15 is 0 Å². The maximum atomic E-state index is 12.4. The third-order valence-electron chi connectivity index (χ3n) is 3.99. The number of aryl methyl sites for hydroxylation is 1. The van der Waals surface area contributed by atoms with Gasteiger partial charge in [-0.1, -0.05) is 6.07 Å². The van der Waals surface area contributed by atoms with Gasteiger partial charge < -0.3 is 20.1 Å². The van der Waals surface area contributed by atoms with Crippen molar-refractivity contribution in [2.24, 2.45) is 0 Å². The van der Waals surface area contributed by atoms with E-state index in [-0.39, 0.29) is 30.4 Å². The summed E-state index contributed by atoms with van der Waals surface area (Å²) in [4.78, 5) is 37.0. The zero-order valence-corrected chi connectivity index (χ0v) is 17.4. The van der Waals surface area contributed by atoms with Gasteiger partial charge in [0.2, 0.25) is 5.91 Å². The van der Waals surface area contributed by atoms with E-state index in [0.29, 0.717) is 26.9 Å². The second-order valence-corrected chi connectivity index (χ2v) is 7.16. The van der Waals surface area contributed by atoms with Gasteiger partial charge in [-0.05, 0) is 51.0 Å². The normalized spacial score (nSPS) is 10.3. The van der Waals surface area contributed by atoms with Crippen LogP contribution in [-0.4, -0.2) is 37.9 Å². The Kier molecular flexibility index (Phi) is 7.17. The van der Waals surface area contributed by atoms with Crippen LogP contribution in [0.1, 0.15) is 45.0 Å². The highest BCUT2D eigenvalue weighted by Crippen LogP contribution is 2.34. The topological polar surface area (TPSA) is 93.7 Å². The molecule has 1 aromatic carbocycles. The minimum Gasteiger partial charge on any atom is -0.495 e. The van der Waals surface area contributed by atoms with Gasteiger partial charge in [0, 0.05) is 0 Å². The van der Waals surface area contributed by atoms with E-state index in [4.69, 9.17) is 9.47 Å². The number of carbonyl (C=O) groups is 3. The van der Waals surface area contributed by atoms with Crippen LogP contribution in [0.5, 0.6) is 5.75 Å². The Hall–Kier alpha value is -2.87. The van der Waals surface area contributed by atoms with Gasteiger partial charge in [-0.2, -0.15) is 0 Å². The lowest BCUT2D eigenvalue weighted by molar-refractivity contribution is -0.114. The number of ketones is 1. The molecule has 150 valence electrons. The van der Waals surface area contributed by atoms with Gasteiger partial charge in [-0.25, -0.2) is 4.79 Å². The summed E-state index contributed by atoms with van der Waals surface area (Å²) in [5.41, 5.74) is 2.45. The number of Topliss-reactive ketones (excluding diaryl/α,β-unsaturated/α-hetero) is 1. The molecule has 1 aromatic heterocycles. The first-order chi connectivity index (χ1) is 13.3. The van der Waals surface area contributed by atoms with Gasteiger partial charge in [0.15, 0.2) is 5.78 Å². The van der Waals surface area contributed by atoms with E-state index in [9.17, 15) is 14.4 Å². The summed E-state index contributed by atoms with van der Waals surface area (Å²) in [5, 5.41) is 6.05. The summed E-state index contributed by atoms with van der Waals surface area (Å²) >= 11 is 1.07. The Morgan fingerprint density at radius 2 is 1.89 bits per heavy atom. The SMILES string of the molecule is CCOC(=O)c1c(NC(=O)CNc2cc(C)ccc2OC)sc(C(C)=O)c1C. The van der Waals surface area contributed by atoms with Crippen LogP contribution in [0.2, 0.25) is 0 Å². The fraction of sp³-hybridized carbons (Fsp3) is 0.350. The number of esters is 1. The highest BCUT2D eigenvalue weighted by Gasteiger charge is 2.25. The van der Waals surface area contributed by atoms with E-state index < -0.39 is 5.97 Å². The first-order valence-electron chi connectivity index (χ1n) is 8.78. The molecule has 2 N–H and O–H groups in total. The molecule has 1 heterocycles. The largest absolute Gasteiger partial charge is 0.495 e. The number of anilines is 2. The average molecular weight is 404 g/mol. The van der Waals surface area contributed by atoms with Crippen molar-refractivity contribution in [3.05, 3.63) is 39.8 Å². The lowest BCUT2D eigenvalue weighted by Gasteiger charge is -2.12. The van der Waals surface area contributed by atoms with E-state index in [0.717, 1.165) is 16.9 Å². The summed E-state index contributed by atoms with van der Waals surface area (Å²) in [6.45, 7) is 6.90. The van der Waals surface area contributed by atoms with Crippen molar-refractivity contribution in [1.29, 1.82) is 0 Å². The number of thiophene rings is 1. The smallest absolute Gasteiger partial charge is 0.341 e. The molecule has 2 rings (SSSR count). The number of benzene rings is 1. The fourth-order valence-electron chi connectivity index (χ4n) is 2.69. The first kappa shape index (κ1) is 21.4. The number of methoxy groups -OCH3 is 1. The van der Waals surface area contributed by atoms with Crippen molar-refractivity contribution in [2.45, 2.75) is 27.7 Å². The predicted octanol–water partition coefficient (Wildman–Crippen LogP) is 3.80. The number of hydrogen-bond donors (Lipinski definition) is 2. The molecule has 1 amide bonds. The standard InChI is InChI=1S/C20H24N2O5S/c1-6-27-20(25)17-12(3)18(13(4)23)28-19(17)22-16(24)10-21-14-9-11(2)7-8-15(14)26-5/h7-9,21H,6,10H2,1-5H3,(H,22,24). The Labute approximate surface area is 168 Å².